The minimum absolute atomic E-state index is 0.00301. The van der Waals surface area contributed by atoms with Crippen LogP contribution in [0, 0.1) is 0 Å². The number of nitrogens with zero attached hydrogens (tertiary/aromatic N) is 1. The highest BCUT2D eigenvalue weighted by Crippen LogP contribution is 2.29. The summed E-state index contributed by atoms with van der Waals surface area (Å²) < 4.78 is 5.13. The van der Waals surface area contributed by atoms with Crippen LogP contribution in [0.2, 0.25) is 5.02 Å². The van der Waals surface area contributed by atoms with Crippen LogP contribution in [-0.4, -0.2) is 12.1 Å². The molecule has 2 nitrogen and oxygen atoms in total. The van der Waals surface area contributed by atoms with Gasteiger partial charge in [0.05, 0.1) is 17.1 Å². The first-order valence-corrected chi connectivity index (χ1v) is 6.38. The molecule has 0 radical (unpaired) electrons. The summed E-state index contributed by atoms with van der Waals surface area (Å²) >= 11 is 6.36. The van der Waals surface area contributed by atoms with Gasteiger partial charge in [-0.15, -0.1) is 0 Å². The molecule has 0 N–H and O–H groups in total. The second kappa shape index (κ2) is 4.87. The van der Waals surface area contributed by atoms with E-state index in [9.17, 15) is 0 Å². The van der Waals surface area contributed by atoms with Crippen molar-refractivity contribution >= 4 is 22.5 Å². The lowest BCUT2D eigenvalue weighted by atomic mass is 9.91. The minimum atomic E-state index is 0.00301. The zero-order valence-electron chi connectivity index (χ0n) is 11.2. The van der Waals surface area contributed by atoms with Crippen molar-refractivity contribution in [2.24, 2.45) is 0 Å². The molecule has 1 heterocycles. The summed E-state index contributed by atoms with van der Waals surface area (Å²) in [5.41, 5.74) is 3.06. The van der Waals surface area contributed by atoms with Gasteiger partial charge in [-0.2, -0.15) is 0 Å². The van der Waals surface area contributed by atoms with Crippen molar-refractivity contribution < 1.29 is 4.74 Å². The van der Waals surface area contributed by atoms with Gasteiger partial charge >= 0.3 is 0 Å². The van der Waals surface area contributed by atoms with Crippen LogP contribution < -0.4 is 0 Å². The molecule has 96 valence electrons. The van der Waals surface area contributed by atoms with E-state index in [2.05, 4.69) is 25.8 Å². The van der Waals surface area contributed by atoms with E-state index in [0.717, 1.165) is 27.2 Å². The van der Waals surface area contributed by atoms with E-state index >= 15 is 0 Å². The molecule has 0 amide bonds. The Kier molecular flexibility index (Phi) is 3.60. The first kappa shape index (κ1) is 13.3. The Morgan fingerprint density at radius 2 is 1.94 bits per heavy atom. The molecule has 1 aromatic carbocycles. The Morgan fingerprint density at radius 3 is 2.56 bits per heavy atom. The van der Waals surface area contributed by atoms with Crippen LogP contribution in [0.4, 0.5) is 0 Å². The third kappa shape index (κ3) is 2.65. The van der Waals surface area contributed by atoms with E-state index in [-0.39, 0.29) is 5.41 Å². The summed E-state index contributed by atoms with van der Waals surface area (Å²) in [5.74, 6) is 0. The number of rotatable bonds is 2. The Balaban J connectivity index is 2.59. The quantitative estimate of drug-likeness (QED) is 0.804. The fraction of sp³-hybridized carbons (Fsp3) is 0.400. The second-order valence-electron chi connectivity index (χ2n) is 5.52. The molecule has 2 rings (SSSR count). The molecule has 18 heavy (non-hydrogen) atoms. The van der Waals surface area contributed by atoms with Crippen molar-refractivity contribution in [2.45, 2.75) is 32.8 Å². The third-order valence-corrected chi connectivity index (χ3v) is 3.21. The van der Waals surface area contributed by atoms with E-state index in [4.69, 9.17) is 16.3 Å². The Hall–Kier alpha value is -1.12. The van der Waals surface area contributed by atoms with Crippen molar-refractivity contribution in [3.63, 3.8) is 0 Å². The highest BCUT2D eigenvalue weighted by Gasteiger charge is 2.17. The van der Waals surface area contributed by atoms with Gasteiger partial charge in [-0.1, -0.05) is 38.4 Å². The molecule has 1 aromatic heterocycles. The van der Waals surface area contributed by atoms with E-state index in [1.165, 1.54) is 0 Å². The normalized spacial score (nSPS) is 12.1. The molecule has 0 atom stereocenters. The number of hydrogen-bond donors (Lipinski definition) is 0. The van der Waals surface area contributed by atoms with Crippen molar-refractivity contribution in [3.05, 3.63) is 40.5 Å². The maximum atomic E-state index is 6.36. The lowest BCUT2D eigenvalue weighted by molar-refractivity contribution is 0.185. The van der Waals surface area contributed by atoms with Gasteiger partial charge < -0.3 is 4.74 Å². The fourth-order valence-corrected chi connectivity index (χ4v) is 2.13. The smallest absolute Gasteiger partial charge is 0.0720 e. The monoisotopic (exact) mass is 263 g/mol. The molecule has 0 unspecified atom stereocenters. The average molecular weight is 264 g/mol. The predicted molar refractivity (Wildman–Crippen MR) is 76.2 cm³/mol. The molecule has 2 aromatic rings. The summed E-state index contributed by atoms with van der Waals surface area (Å²) in [7, 11) is 1.69. The van der Waals surface area contributed by atoms with Crippen LogP contribution in [-0.2, 0) is 16.8 Å². The molecular formula is C15H18ClNO. The fourth-order valence-electron chi connectivity index (χ4n) is 1.87. The molecule has 0 bridgehead atoms. The van der Waals surface area contributed by atoms with Crippen LogP contribution in [0.3, 0.4) is 0 Å². The molecule has 0 saturated carbocycles. The van der Waals surface area contributed by atoms with Gasteiger partial charge in [0.2, 0.25) is 0 Å². The van der Waals surface area contributed by atoms with Gasteiger partial charge in [0.15, 0.2) is 0 Å². The van der Waals surface area contributed by atoms with Crippen LogP contribution in [0.5, 0.6) is 0 Å². The minimum Gasteiger partial charge on any atom is -0.380 e. The zero-order valence-corrected chi connectivity index (χ0v) is 12.0. The van der Waals surface area contributed by atoms with Crippen LogP contribution in [0.15, 0.2) is 24.3 Å². The number of halogens is 1. The summed E-state index contributed by atoms with van der Waals surface area (Å²) in [6, 6.07) is 8.04. The molecule has 0 aliphatic carbocycles. The first-order chi connectivity index (χ1) is 8.41. The van der Waals surface area contributed by atoms with E-state index in [1.807, 2.05) is 24.3 Å². The topological polar surface area (TPSA) is 22.1 Å². The van der Waals surface area contributed by atoms with Gasteiger partial charge in [-0.25, -0.2) is 0 Å². The molecule has 0 aliphatic rings. The number of ether oxygens (including phenoxy) is 1. The number of methoxy groups -OCH3 is 1. The maximum absolute atomic E-state index is 6.36. The molecule has 0 spiro atoms. The predicted octanol–water partition coefficient (Wildman–Crippen LogP) is 4.33. The highest BCUT2D eigenvalue weighted by atomic mass is 35.5. The van der Waals surface area contributed by atoms with Gasteiger partial charge in [-0.05, 0) is 23.8 Å². The number of hydrogen-bond acceptors (Lipinski definition) is 2. The first-order valence-electron chi connectivity index (χ1n) is 6.00. The van der Waals surface area contributed by atoms with Gasteiger partial charge in [0.1, 0.15) is 0 Å². The molecule has 0 fully saturated rings. The van der Waals surface area contributed by atoms with E-state index in [1.54, 1.807) is 7.11 Å². The molecule has 0 saturated heterocycles. The van der Waals surface area contributed by atoms with Gasteiger partial charge in [-0.3, -0.25) is 4.98 Å². The summed E-state index contributed by atoms with van der Waals surface area (Å²) in [6.07, 6.45) is 0. The van der Waals surface area contributed by atoms with Crippen LogP contribution >= 0.6 is 11.6 Å². The third-order valence-electron chi connectivity index (χ3n) is 2.90. The lowest BCUT2D eigenvalue weighted by Crippen LogP contribution is -2.13. The van der Waals surface area contributed by atoms with Crippen molar-refractivity contribution in [1.82, 2.24) is 4.98 Å². The zero-order chi connectivity index (χ0) is 13.3. The number of benzene rings is 1. The number of aromatic nitrogens is 1. The van der Waals surface area contributed by atoms with Crippen molar-refractivity contribution in [3.8, 4) is 0 Å². The number of fused-ring (bicyclic) bond motifs is 1. The Labute approximate surface area is 113 Å². The largest absolute Gasteiger partial charge is 0.380 e. The van der Waals surface area contributed by atoms with Crippen LogP contribution in [0.25, 0.3) is 10.9 Å². The van der Waals surface area contributed by atoms with Crippen molar-refractivity contribution in [1.29, 1.82) is 0 Å². The van der Waals surface area contributed by atoms with Gasteiger partial charge in [0, 0.05) is 23.6 Å². The van der Waals surface area contributed by atoms with E-state index < -0.39 is 0 Å². The number of pyridine rings is 1. The summed E-state index contributed by atoms with van der Waals surface area (Å²) in [5, 5.41) is 1.74. The average Bonchev–Trinajstić information content (AvgIpc) is 2.29. The standard InChI is InChI=1S/C15H18ClNO/c1-15(2,3)14-8-12(16)11-7-10(9-18-4)5-6-13(11)17-14/h5-8H,9H2,1-4H3. The van der Waals surface area contributed by atoms with Gasteiger partial charge in [0.25, 0.3) is 0 Å². The Morgan fingerprint density at radius 1 is 1.22 bits per heavy atom. The molecule has 3 heteroatoms. The molecule has 0 aliphatic heterocycles. The summed E-state index contributed by atoms with van der Waals surface area (Å²) in [4.78, 5) is 4.68. The highest BCUT2D eigenvalue weighted by molar-refractivity contribution is 6.35. The van der Waals surface area contributed by atoms with E-state index in [0.29, 0.717) is 6.61 Å². The SMILES string of the molecule is COCc1ccc2nc(C(C)(C)C)cc(Cl)c2c1. The lowest BCUT2D eigenvalue weighted by Gasteiger charge is -2.19. The second-order valence-corrected chi connectivity index (χ2v) is 5.93. The van der Waals surface area contributed by atoms with Crippen LogP contribution in [0.1, 0.15) is 32.0 Å². The Bertz CT molecular complexity index is 572. The summed E-state index contributed by atoms with van der Waals surface area (Å²) in [6.45, 7) is 7.00. The molecular weight excluding hydrogens is 246 g/mol. The van der Waals surface area contributed by atoms with Crippen molar-refractivity contribution in [2.75, 3.05) is 7.11 Å². The maximum Gasteiger partial charge on any atom is 0.0720 e.